The van der Waals surface area contributed by atoms with Crippen molar-refractivity contribution < 1.29 is 19.3 Å². The van der Waals surface area contributed by atoms with Crippen LogP contribution in [0.5, 0.6) is 0 Å². The molecule has 0 aliphatic rings. The molecule has 0 aliphatic carbocycles. The molecular weight excluding hydrogens is 542 g/mol. The highest BCUT2D eigenvalue weighted by Gasteiger charge is 2.25. The predicted octanol–water partition coefficient (Wildman–Crippen LogP) is 4.27. The zero-order chi connectivity index (χ0) is 30.4. The van der Waals surface area contributed by atoms with Crippen LogP contribution in [0.4, 0.5) is 10.5 Å². The fourth-order valence-electron chi connectivity index (χ4n) is 4.51. The third kappa shape index (κ3) is 12.3. The van der Waals surface area contributed by atoms with Crippen LogP contribution in [0.1, 0.15) is 45.7 Å². The monoisotopic (exact) mass is 585 g/mol. The Morgan fingerprint density at radius 1 is 0.902 bits per heavy atom. The molecule has 2 aromatic carbocycles. The Morgan fingerprint density at radius 3 is 2.10 bits per heavy atom. The molecule has 0 spiro atoms. The van der Waals surface area contributed by atoms with Gasteiger partial charge in [0.05, 0.1) is 4.92 Å². The molecule has 3 amide bonds. The molecule has 0 radical (unpaired) electrons. The number of nitrogens with one attached hydrogen (secondary N) is 2. The third-order valence-electron chi connectivity index (χ3n) is 6.66. The number of thioether (sulfide) groups is 1. The van der Waals surface area contributed by atoms with Crippen LogP contribution >= 0.6 is 11.8 Å². The van der Waals surface area contributed by atoms with Gasteiger partial charge in [0.1, 0.15) is 6.04 Å². The van der Waals surface area contributed by atoms with Crippen LogP contribution < -0.4 is 10.6 Å². The van der Waals surface area contributed by atoms with Gasteiger partial charge in [-0.1, -0.05) is 54.2 Å². The molecular formula is C30H43N5O5S. The highest BCUT2D eigenvalue weighted by Crippen LogP contribution is 2.14. The summed E-state index contributed by atoms with van der Waals surface area (Å²) in [6, 6.07) is 15.1. The van der Waals surface area contributed by atoms with E-state index < -0.39 is 17.0 Å². The van der Waals surface area contributed by atoms with Crippen molar-refractivity contribution in [2.45, 2.75) is 65.6 Å². The smallest absolute Gasteiger partial charge is 0.318 e. The van der Waals surface area contributed by atoms with Gasteiger partial charge in [-0.15, -0.1) is 0 Å². The van der Waals surface area contributed by atoms with E-state index in [1.807, 2.05) is 30.3 Å². The van der Waals surface area contributed by atoms with Crippen molar-refractivity contribution in [3.05, 3.63) is 75.8 Å². The number of carbonyl (C=O) groups excluding carboxylic acids is 3. The minimum Gasteiger partial charge on any atom is -0.353 e. The minimum atomic E-state index is -0.893. The van der Waals surface area contributed by atoms with Crippen LogP contribution in [-0.2, 0) is 22.4 Å². The summed E-state index contributed by atoms with van der Waals surface area (Å²) < 4.78 is 0. The zero-order valence-electron chi connectivity index (χ0n) is 24.7. The molecule has 0 aromatic heterocycles. The number of carbonyl (C=O) groups is 3. The van der Waals surface area contributed by atoms with Gasteiger partial charge in [-0.2, -0.15) is 0 Å². The first kappa shape index (κ1) is 33.8. The van der Waals surface area contributed by atoms with E-state index in [4.69, 9.17) is 0 Å². The molecule has 0 saturated heterocycles. The molecule has 0 fully saturated rings. The number of nitro benzene ring substituents is 1. The van der Waals surface area contributed by atoms with Gasteiger partial charge in [-0.25, -0.2) is 4.79 Å². The number of benzene rings is 2. The Kier molecular flexibility index (Phi) is 14.3. The van der Waals surface area contributed by atoms with Gasteiger partial charge >= 0.3 is 6.03 Å². The number of nitro groups is 1. The van der Waals surface area contributed by atoms with Crippen molar-refractivity contribution in [3.8, 4) is 0 Å². The standard InChI is InChI=1S/C30H43N5O5S/c1-22(2)34(23(3)4)18-16-31-29(37)28(21-26-11-13-27(14-12-26)35(39)40)32-30(38)33(19-20-41-24(5)36)17-15-25-9-7-6-8-10-25/h6-14,22-23,28H,15-21H2,1-5H3,(H,31,37)(H,32,38). The van der Waals surface area contributed by atoms with Crippen LogP contribution in [-0.4, -0.2) is 81.8 Å². The summed E-state index contributed by atoms with van der Waals surface area (Å²) in [5, 5.41) is 16.9. The van der Waals surface area contributed by atoms with Gasteiger partial charge < -0.3 is 15.5 Å². The van der Waals surface area contributed by atoms with Crippen molar-refractivity contribution >= 4 is 34.5 Å². The lowest BCUT2D eigenvalue weighted by molar-refractivity contribution is -0.384. The second-order valence-corrected chi connectivity index (χ2v) is 11.7. The molecule has 11 heteroatoms. The summed E-state index contributed by atoms with van der Waals surface area (Å²) in [5.74, 6) is 0.113. The highest BCUT2D eigenvalue weighted by molar-refractivity contribution is 8.13. The molecule has 41 heavy (non-hydrogen) atoms. The van der Waals surface area contributed by atoms with Crippen LogP contribution in [0.3, 0.4) is 0 Å². The zero-order valence-corrected chi connectivity index (χ0v) is 25.5. The van der Waals surface area contributed by atoms with E-state index >= 15 is 0 Å². The highest BCUT2D eigenvalue weighted by atomic mass is 32.2. The Labute approximate surface area is 247 Å². The van der Waals surface area contributed by atoms with Crippen molar-refractivity contribution in [2.75, 3.05) is 31.9 Å². The summed E-state index contributed by atoms with van der Waals surface area (Å²) in [4.78, 5) is 52.8. The molecule has 2 aromatic rings. The predicted molar refractivity (Wildman–Crippen MR) is 164 cm³/mol. The number of nitrogens with zero attached hydrogens (tertiary/aromatic N) is 3. The fourth-order valence-corrected chi connectivity index (χ4v) is 5.11. The van der Waals surface area contributed by atoms with Crippen molar-refractivity contribution in [2.24, 2.45) is 0 Å². The number of hydrogen-bond acceptors (Lipinski definition) is 7. The quantitative estimate of drug-likeness (QED) is 0.223. The van der Waals surface area contributed by atoms with Crippen molar-refractivity contribution in [3.63, 3.8) is 0 Å². The maximum Gasteiger partial charge on any atom is 0.318 e. The molecule has 1 atom stereocenters. The second-order valence-electron chi connectivity index (χ2n) is 10.4. The lowest BCUT2D eigenvalue weighted by atomic mass is 10.0. The number of rotatable bonds is 16. The molecule has 2 rings (SSSR count). The van der Waals surface area contributed by atoms with Crippen LogP contribution in [0.2, 0.25) is 0 Å². The van der Waals surface area contributed by atoms with Crippen molar-refractivity contribution in [1.29, 1.82) is 0 Å². The molecule has 0 saturated carbocycles. The molecule has 1 unspecified atom stereocenters. The molecule has 0 bridgehead atoms. The summed E-state index contributed by atoms with van der Waals surface area (Å²) >= 11 is 1.15. The van der Waals surface area contributed by atoms with E-state index in [0.29, 0.717) is 56.0 Å². The molecule has 224 valence electrons. The first-order chi connectivity index (χ1) is 19.5. The summed E-state index contributed by atoms with van der Waals surface area (Å²) in [7, 11) is 0. The van der Waals surface area contributed by atoms with E-state index in [-0.39, 0.29) is 23.1 Å². The first-order valence-electron chi connectivity index (χ1n) is 14.0. The van der Waals surface area contributed by atoms with Gasteiger partial charge in [-0.3, -0.25) is 24.6 Å². The van der Waals surface area contributed by atoms with Gasteiger partial charge in [-0.05, 0) is 45.2 Å². The Hall–Kier alpha value is -3.44. The number of urea groups is 1. The Morgan fingerprint density at radius 2 is 1.54 bits per heavy atom. The number of non-ortho nitro benzene ring substituents is 1. The molecule has 0 aliphatic heterocycles. The number of amides is 3. The second kappa shape index (κ2) is 17.4. The van der Waals surface area contributed by atoms with Gasteiger partial charge in [0.2, 0.25) is 5.91 Å². The lowest BCUT2D eigenvalue weighted by Gasteiger charge is -2.31. The van der Waals surface area contributed by atoms with E-state index in [0.717, 1.165) is 17.3 Å². The summed E-state index contributed by atoms with van der Waals surface area (Å²) in [5.41, 5.74) is 1.71. The van der Waals surface area contributed by atoms with E-state index in [2.05, 4.69) is 43.2 Å². The molecule has 10 nitrogen and oxygen atoms in total. The fraction of sp³-hybridized carbons (Fsp3) is 0.500. The Balaban J connectivity index is 2.18. The van der Waals surface area contributed by atoms with Gasteiger partial charge in [0.25, 0.3) is 5.69 Å². The minimum absolute atomic E-state index is 0.0271. The maximum absolute atomic E-state index is 13.5. The average Bonchev–Trinajstić information content (AvgIpc) is 2.92. The van der Waals surface area contributed by atoms with E-state index in [1.165, 1.54) is 19.1 Å². The van der Waals surface area contributed by atoms with Crippen LogP contribution in [0, 0.1) is 10.1 Å². The van der Waals surface area contributed by atoms with Crippen molar-refractivity contribution in [1.82, 2.24) is 20.4 Å². The van der Waals surface area contributed by atoms with E-state index in [1.54, 1.807) is 17.0 Å². The average molecular weight is 586 g/mol. The van der Waals surface area contributed by atoms with E-state index in [9.17, 15) is 24.5 Å². The SMILES string of the molecule is CC(=O)SCCN(CCc1ccccc1)C(=O)NC(Cc1ccc([N+](=O)[O-])cc1)C(=O)NCCN(C(C)C)C(C)C. The topological polar surface area (TPSA) is 125 Å². The third-order valence-corrected chi connectivity index (χ3v) is 7.46. The maximum atomic E-state index is 13.5. The number of hydrogen-bond donors (Lipinski definition) is 2. The first-order valence-corrected chi connectivity index (χ1v) is 15.0. The lowest BCUT2D eigenvalue weighted by Crippen LogP contribution is -2.54. The molecule has 2 N–H and O–H groups in total. The molecule has 0 heterocycles. The Bertz CT molecular complexity index is 1120. The largest absolute Gasteiger partial charge is 0.353 e. The van der Waals surface area contributed by atoms with Crippen LogP contribution in [0.25, 0.3) is 0 Å². The summed E-state index contributed by atoms with van der Waals surface area (Å²) in [6.45, 7) is 11.7. The van der Waals surface area contributed by atoms with Gasteiger partial charge in [0.15, 0.2) is 5.12 Å². The van der Waals surface area contributed by atoms with Gasteiger partial charge in [0, 0.05) is 69.5 Å². The summed E-state index contributed by atoms with van der Waals surface area (Å²) in [6.07, 6.45) is 0.792. The normalized spacial score (nSPS) is 11.9. The van der Waals surface area contributed by atoms with Crippen LogP contribution in [0.15, 0.2) is 54.6 Å².